The Labute approximate surface area is 183 Å². The van der Waals surface area contributed by atoms with Crippen LogP contribution in [0.3, 0.4) is 0 Å². The highest BCUT2D eigenvalue weighted by atomic mass is 16.5. The van der Waals surface area contributed by atoms with Crippen LogP contribution in [-0.4, -0.2) is 68.4 Å². The fourth-order valence-electron chi connectivity index (χ4n) is 3.50. The van der Waals surface area contributed by atoms with Crippen LogP contribution >= 0.6 is 0 Å². The van der Waals surface area contributed by atoms with Gasteiger partial charge in [-0.25, -0.2) is 0 Å². The first-order valence-corrected chi connectivity index (χ1v) is 10.5. The molecule has 0 unspecified atom stereocenters. The van der Waals surface area contributed by atoms with E-state index in [2.05, 4.69) is 34.3 Å². The second kappa shape index (κ2) is 10.9. The maximum atomic E-state index is 12.3. The zero-order valence-corrected chi connectivity index (χ0v) is 18.5. The molecular weight excluding hydrogens is 394 g/mol. The number of piperazine rings is 1. The van der Waals surface area contributed by atoms with E-state index in [4.69, 9.17) is 9.47 Å². The van der Waals surface area contributed by atoms with Crippen LogP contribution in [0.15, 0.2) is 42.5 Å². The molecule has 166 valence electrons. The lowest BCUT2D eigenvalue weighted by atomic mass is 10.1. The number of amides is 1. The summed E-state index contributed by atoms with van der Waals surface area (Å²) in [5, 5.41) is 2.89. The molecule has 1 aliphatic heterocycles. The molecule has 31 heavy (non-hydrogen) atoms. The summed E-state index contributed by atoms with van der Waals surface area (Å²) in [6.45, 7) is 7.07. The van der Waals surface area contributed by atoms with Gasteiger partial charge < -0.3 is 19.7 Å². The number of ether oxygens (including phenoxy) is 2. The number of nitrogens with zero attached hydrogens (tertiary/aromatic N) is 2. The molecule has 0 saturated carbocycles. The minimum atomic E-state index is -0.220. The second-order valence-electron chi connectivity index (χ2n) is 7.89. The highest BCUT2D eigenvalue weighted by molar-refractivity contribution is 5.94. The molecule has 0 aliphatic carbocycles. The molecule has 1 amide bonds. The van der Waals surface area contributed by atoms with Gasteiger partial charge in [0.25, 0.3) is 5.91 Å². The molecular formula is C24H31N3O4. The Morgan fingerprint density at radius 2 is 1.74 bits per heavy atom. The van der Waals surface area contributed by atoms with Crippen molar-refractivity contribution in [1.29, 1.82) is 0 Å². The molecule has 1 aliphatic rings. The molecule has 1 heterocycles. The molecule has 0 aromatic heterocycles. The second-order valence-corrected chi connectivity index (χ2v) is 7.89. The van der Waals surface area contributed by atoms with Gasteiger partial charge in [-0.1, -0.05) is 24.3 Å². The number of nitrogens with one attached hydrogen (secondary N) is 1. The summed E-state index contributed by atoms with van der Waals surface area (Å²) < 4.78 is 10.9. The van der Waals surface area contributed by atoms with Gasteiger partial charge in [0, 0.05) is 44.8 Å². The average molecular weight is 426 g/mol. The largest absolute Gasteiger partial charge is 0.493 e. The van der Waals surface area contributed by atoms with Gasteiger partial charge in [-0.3, -0.25) is 14.5 Å². The van der Waals surface area contributed by atoms with E-state index in [9.17, 15) is 9.59 Å². The van der Waals surface area contributed by atoms with E-state index in [1.165, 1.54) is 19.6 Å². The van der Waals surface area contributed by atoms with Crippen molar-refractivity contribution in [2.45, 2.75) is 20.0 Å². The Hall–Kier alpha value is -2.90. The summed E-state index contributed by atoms with van der Waals surface area (Å²) in [7, 11) is 3.66. The smallest absolute Gasteiger partial charge is 0.258 e. The van der Waals surface area contributed by atoms with Crippen molar-refractivity contribution >= 4 is 11.7 Å². The predicted octanol–water partition coefficient (Wildman–Crippen LogP) is 2.34. The molecule has 1 N–H and O–H groups in total. The lowest BCUT2D eigenvalue weighted by molar-refractivity contribution is -0.123. The number of carbonyl (C=O) groups excluding carboxylic acids is 2. The van der Waals surface area contributed by atoms with Crippen LogP contribution in [0.4, 0.5) is 0 Å². The molecule has 7 heteroatoms. The third-order valence-electron chi connectivity index (χ3n) is 5.41. The van der Waals surface area contributed by atoms with Crippen LogP contribution in [0.1, 0.15) is 28.4 Å². The summed E-state index contributed by atoms with van der Waals surface area (Å²) in [4.78, 5) is 28.5. The Kier molecular flexibility index (Phi) is 8.03. The summed E-state index contributed by atoms with van der Waals surface area (Å²) in [5.74, 6) is 0.577. The summed E-state index contributed by atoms with van der Waals surface area (Å²) in [6.07, 6.45) is 0. The number of carbonyl (C=O) groups is 2. The van der Waals surface area contributed by atoms with Crippen molar-refractivity contribution in [2.24, 2.45) is 0 Å². The van der Waals surface area contributed by atoms with Gasteiger partial charge in [0.05, 0.1) is 7.11 Å². The van der Waals surface area contributed by atoms with E-state index >= 15 is 0 Å². The number of methoxy groups -OCH3 is 1. The van der Waals surface area contributed by atoms with Crippen LogP contribution in [-0.2, 0) is 17.9 Å². The fraction of sp³-hybridized carbons (Fsp3) is 0.417. The van der Waals surface area contributed by atoms with Gasteiger partial charge in [0.2, 0.25) is 0 Å². The van der Waals surface area contributed by atoms with Crippen LogP contribution in [0.5, 0.6) is 11.5 Å². The Balaban J connectivity index is 1.48. The lowest BCUT2D eigenvalue weighted by Crippen LogP contribution is -2.43. The molecule has 2 aromatic carbocycles. The SMILES string of the molecule is COc1cc(C(C)=O)ccc1OCC(=O)NCc1cccc(CN2CCN(C)CC2)c1. The summed E-state index contributed by atoms with van der Waals surface area (Å²) in [5.41, 5.74) is 2.84. The number of Topliss-reactive ketones (excluding diaryl/α,β-unsaturated/α-hetero) is 1. The number of rotatable bonds is 9. The highest BCUT2D eigenvalue weighted by Crippen LogP contribution is 2.28. The van der Waals surface area contributed by atoms with E-state index in [0.717, 1.165) is 38.3 Å². The minimum absolute atomic E-state index is 0.0579. The van der Waals surface area contributed by atoms with E-state index in [1.807, 2.05) is 12.1 Å². The van der Waals surface area contributed by atoms with Crippen LogP contribution in [0.25, 0.3) is 0 Å². The number of ketones is 1. The summed E-state index contributed by atoms with van der Waals surface area (Å²) >= 11 is 0. The maximum Gasteiger partial charge on any atom is 0.258 e. The zero-order chi connectivity index (χ0) is 22.2. The Bertz CT molecular complexity index is 907. The molecule has 0 bridgehead atoms. The predicted molar refractivity (Wildman–Crippen MR) is 120 cm³/mol. The molecule has 2 aromatic rings. The van der Waals surface area contributed by atoms with Crippen LogP contribution in [0.2, 0.25) is 0 Å². The lowest BCUT2D eigenvalue weighted by Gasteiger charge is -2.32. The minimum Gasteiger partial charge on any atom is -0.493 e. The standard InChI is InChI=1S/C24H31N3O4/c1-18(28)21-7-8-22(23(14-21)30-3)31-17-24(29)25-15-19-5-4-6-20(13-19)16-27-11-9-26(2)10-12-27/h4-8,13-14H,9-12,15-17H2,1-3H3,(H,25,29). The Morgan fingerprint density at radius 1 is 1.00 bits per heavy atom. The van der Waals surface area contributed by atoms with Gasteiger partial charge in [-0.15, -0.1) is 0 Å². The number of likely N-dealkylation sites (N-methyl/N-ethyl adjacent to an activating group) is 1. The molecule has 7 nitrogen and oxygen atoms in total. The quantitative estimate of drug-likeness (QED) is 0.622. The fourth-order valence-corrected chi connectivity index (χ4v) is 3.50. The third kappa shape index (κ3) is 6.80. The van der Waals surface area contributed by atoms with Gasteiger partial charge >= 0.3 is 0 Å². The normalized spacial score (nSPS) is 14.8. The zero-order valence-electron chi connectivity index (χ0n) is 18.5. The third-order valence-corrected chi connectivity index (χ3v) is 5.41. The first-order chi connectivity index (χ1) is 14.9. The van der Waals surface area contributed by atoms with Crippen LogP contribution in [0, 0.1) is 0 Å². The van der Waals surface area contributed by atoms with Crippen molar-refractivity contribution in [3.63, 3.8) is 0 Å². The van der Waals surface area contributed by atoms with E-state index in [1.54, 1.807) is 18.2 Å². The van der Waals surface area contributed by atoms with Crippen molar-refractivity contribution in [1.82, 2.24) is 15.1 Å². The molecule has 1 fully saturated rings. The topological polar surface area (TPSA) is 71.1 Å². The van der Waals surface area contributed by atoms with Gasteiger partial charge in [0.1, 0.15) is 0 Å². The van der Waals surface area contributed by atoms with Gasteiger partial charge in [-0.2, -0.15) is 0 Å². The molecule has 0 radical (unpaired) electrons. The monoisotopic (exact) mass is 425 g/mol. The number of benzene rings is 2. The molecule has 1 saturated heterocycles. The summed E-state index contributed by atoms with van der Waals surface area (Å²) in [6, 6.07) is 13.2. The van der Waals surface area contributed by atoms with Crippen molar-refractivity contribution in [2.75, 3.05) is 46.9 Å². The molecule has 0 atom stereocenters. The van der Waals surface area contributed by atoms with Crippen molar-refractivity contribution < 1.29 is 19.1 Å². The first-order valence-electron chi connectivity index (χ1n) is 10.5. The van der Waals surface area contributed by atoms with Gasteiger partial charge in [-0.05, 0) is 43.3 Å². The highest BCUT2D eigenvalue weighted by Gasteiger charge is 2.14. The number of hydrogen-bond acceptors (Lipinski definition) is 6. The first kappa shape index (κ1) is 22.8. The Morgan fingerprint density at radius 3 is 2.45 bits per heavy atom. The van der Waals surface area contributed by atoms with Crippen molar-refractivity contribution in [3.05, 3.63) is 59.2 Å². The van der Waals surface area contributed by atoms with Crippen LogP contribution < -0.4 is 14.8 Å². The molecule has 0 spiro atoms. The maximum absolute atomic E-state index is 12.3. The molecule has 3 rings (SSSR count). The number of hydrogen-bond donors (Lipinski definition) is 1. The van der Waals surface area contributed by atoms with Crippen molar-refractivity contribution in [3.8, 4) is 11.5 Å². The van der Waals surface area contributed by atoms with E-state index in [0.29, 0.717) is 23.6 Å². The van der Waals surface area contributed by atoms with E-state index < -0.39 is 0 Å². The average Bonchev–Trinajstić information content (AvgIpc) is 2.78. The van der Waals surface area contributed by atoms with Gasteiger partial charge in [0.15, 0.2) is 23.9 Å². The van der Waals surface area contributed by atoms with E-state index in [-0.39, 0.29) is 18.3 Å².